The van der Waals surface area contributed by atoms with E-state index in [2.05, 4.69) is 16.1 Å². The van der Waals surface area contributed by atoms with Gasteiger partial charge in [-0.2, -0.15) is 0 Å². The molecule has 1 aliphatic rings. The molecular weight excluding hydrogens is 284 g/mol. The van der Waals surface area contributed by atoms with Gasteiger partial charge in [0.15, 0.2) is 0 Å². The van der Waals surface area contributed by atoms with E-state index in [0.717, 1.165) is 48.2 Å². The van der Waals surface area contributed by atoms with Gasteiger partial charge in [-0.25, -0.2) is 13.1 Å². The second-order valence-electron chi connectivity index (χ2n) is 6.15. The highest BCUT2D eigenvalue weighted by Crippen LogP contribution is 2.26. The molecule has 21 heavy (non-hydrogen) atoms. The van der Waals surface area contributed by atoms with E-state index in [-0.39, 0.29) is 0 Å². The van der Waals surface area contributed by atoms with Crippen LogP contribution in [0.2, 0.25) is 0 Å². The van der Waals surface area contributed by atoms with Crippen molar-refractivity contribution in [3.63, 3.8) is 0 Å². The summed E-state index contributed by atoms with van der Waals surface area (Å²) in [6.07, 6.45) is 2.20. The molecule has 1 aromatic rings. The molecule has 2 N–H and O–H groups in total. The van der Waals surface area contributed by atoms with Gasteiger partial charge in [0.25, 0.3) is 0 Å². The topological polar surface area (TPSA) is 58.2 Å². The minimum atomic E-state index is -3.44. The Kier molecular flexibility index (Phi) is 5.07. The molecule has 0 aliphatic carbocycles. The molecule has 0 spiro atoms. The number of rotatable bonds is 4. The van der Waals surface area contributed by atoms with Gasteiger partial charge in [0.2, 0.25) is 10.0 Å². The van der Waals surface area contributed by atoms with Crippen molar-refractivity contribution >= 4 is 10.0 Å². The summed E-state index contributed by atoms with van der Waals surface area (Å²) in [5, 5.41) is 3.32. The van der Waals surface area contributed by atoms with Gasteiger partial charge in [-0.05, 0) is 81.8 Å². The zero-order chi connectivity index (χ0) is 15.6. The molecule has 1 heterocycles. The Morgan fingerprint density at radius 1 is 1.19 bits per heavy atom. The number of piperidine rings is 1. The second kappa shape index (κ2) is 6.46. The summed E-state index contributed by atoms with van der Waals surface area (Å²) >= 11 is 0. The van der Waals surface area contributed by atoms with Gasteiger partial charge in [-0.1, -0.05) is 6.07 Å². The van der Waals surface area contributed by atoms with Crippen LogP contribution in [0.1, 0.15) is 35.1 Å². The lowest BCUT2D eigenvalue weighted by molar-refractivity contribution is 0.376. The van der Waals surface area contributed by atoms with Crippen molar-refractivity contribution in [2.45, 2.75) is 45.4 Å². The van der Waals surface area contributed by atoms with Gasteiger partial charge in [-0.15, -0.1) is 0 Å². The first-order valence-corrected chi connectivity index (χ1v) is 9.09. The average Bonchev–Trinajstić information content (AvgIpc) is 2.44. The number of hydrogen-bond donors (Lipinski definition) is 2. The van der Waals surface area contributed by atoms with Crippen molar-refractivity contribution < 1.29 is 8.42 Å². The minimum Gasteiger partial charge on any atom is -0.316 e. The predicted octanol–water partition coefficient (Wildman–Crippen LogP) is 2.20. The number of aryl methyl sites for hydroxylation is 2. The fraction of sp³-hybridized carbons (Fsp3) is 0.625. The summed E-state index contributed by atoms with van der Waals surface area (Å²) < 4.78 is 28.2. The van der Waals surface area contributed by atoms with E-state index in [1.54, 1.807) is 0 Å². The molecule has 1 aromatic carbocycles. The van der Waals surface area contributed by atoms with Gasteiger partial charge in [0.1, 0.15) is 0 Å². The lowest BCUT2D eigenvalue weighted by Crippen LogP contribution is -2.38. The molecule has 0 aromatic heterocycles. The van der Waals surface area contributed by atoms with Gasteiger partial charge >= 0.3 is 0 Å². The molecular formula is C16H26N2O2S. The monoisotopic (exact) mass is 310 g/mol. The quantitative estimate of drug-likeness (QED) is 0.896. The van der Waals surface area contributed by atoms with Gasteiger partial charge in [-0.3, -0.25) is 0 Å². The Bertz CT molecular complexity index is 591. The van der Waals surface area contributed by atoms with Crippen LogP contribution in [0.3, 0.4) is 0 Å². The third-order valence-corrected chi connectivity index (χ3v) is 6.22. The maximum atomic E-state index is 12.7. The zero-order valence-electron chi connectivity index (χ0n) is 13.4. The normalized spacial score (nSPS) is 19.7. The van der Waals surface area contributed by atoms with Crippen LogP contribution in [0.4, 0.5) is 0 Å². The Morgan fingerprint density at radius 3 is 2.33 bits per heavy atom. The van der Waals surface area contributed by atoms with E-state index in [1.807, 2.05) is 27.7 Å². The van der Waals surface area contributed by atoms with Gasteiger partial charge in [0, 0.05) is 6.54 Å². The number of benzene rings is 1. The first-order valence-electron chi connectivity index (χ1n) is 7.60. The molecule has 5 heteroatoms. The van der Waals surface area contributed by atoms with Crippen LogP contribution in [0.25, 0.3) is 0 Å². The van der Waals surface area contributed by atoms with Crippen molar-refractivity contribution in [1.29, 1.82) is 0 Å². The van der Waals surface area contributed by atoms with Crippen molar-refractivity contribution in [1.82, 2.24) is 10.0 Å². The van der Waals surface area contributed by atoms with Gasteiger partial charge in [0.05, 0.1) is 4.90 Å². The molecule has 2 rings (SSSR count). The van der Waals surface area contributed by atoms with E-state index in [0.29, 0.717) is 17.4 Å². The Hall–Kier alpha value is -0.910. The minimum absolute atomic E-state index is 0.389. The van der Waals surface area contributed by atoms with Crippen LogP contribution in [0, 0.1) is 33.6 Å². The van der Waals surface area contributed by atoms with Crippen LogP contribution in [-0.2, 0) is 10.0 Å². The second-order valence-corrected chi connectivity index (χ2v) is 7.86. The van der Waals surface area contributed by atoms with Crippen LogP contribution < -0.4 is 10.0 Å². The molecule has 1 atom stereocenters. The fourth-order valence-corrected chi connectivity index (χ4v) is 4.71. The van der Waals surface area contributed by atoms with E-state index in [9.17, 15) is 8.42 Å². The van der Waals surface area contributed by atoms with Crippen molar-refractivity contribution in [2.24, 2.45) is 5.92 Å². The molecule has 0 radical (unpaired) electrons. The van der Waals surface area contributed by atoms with Crippen LogP contribution in [-0.4, -0.2) is 28.1 Å². The fourth-order valence-electron chi connectivity index (χ4n) is 2.98. The maximum Gasteiger partial charge on any atom is 0.241 e. The Labute approximate surface area is 128 Å². The summed E-state index contributed by atoms with van der Waals surface area (Å²) in [6.45, 7) is 10.2. The molecule has 4 nitrogen and oxygen atoms in total. The van der Waals surface area contributed by atoms with Crippen LogP contribution in [0.5, 0.6) is 0 Å². The van der Waals surface area contributed by atoms with Crippen molar-refractivity contribution in [2.75, 3.05) is 19.6 Å². The average molecular weight is 310 g/mol. The predicted molar refractivity (Wildman–Crippen MR) is 86.2 cm³/mol. The summed E-state index contributed by atoms with van der Waals surface area (Å²) in [7, 11) is -3.44. The highest BCUT2D eigenvalue weighted by molar-refractivity contribution is 7.89. The standard InChI is InChI=1S/C16H26N2O2S/c1-11-8-12(2)14(4)16(13(11)3)21(19,20)18-10-15-6-5-7-17-9-15/h8,15,17-18H,5-7,9-10H2,1-4H3. The van der Waals surface area contributed by atoms with Crippen LogP contribution >= 0.6 is 0 Å². The van der Waals surface area contributed by atoms with Crippen molar-refractivity contribution in [3.8, 4) is 0 Å². The van der Waals surface area contributed by atoms with E-state index in [4.69, 9.17) is 0 Å². The molecule has 0 saturated carbocycles. The largest absolute Gasteiger partial charge is 0.316 e. The Balaban J connectivity index is 2.23. The molecule has 118 valence electrons. The summed E-state index contributed by atoms with van der Waals surface area (Å²) in [5.41, 5.74) is 3.76. The molecule has 0 amide bonds. The lowest BCUT2D eigenvalue weighted by atomic mass is 10.0. The first kappa shape index (κ1) is 16.5. The maximum absolute atomic E-state index is 12.7. The van der Waals surface area contributed by atoms with E-state index >= 15 is 0 Å². The van der Waals surface area contributed by atoms with Crippen LogP contribution in [0.15, 0.2) is 11.0 Å². The molecule has 1 saturated heterocycles. The highest BCUT2D eigenvalue weighted by atomic mass is 32.2. The summed E-state index contributed by atoms with van der Waals surface area (Å²) in [4.78, 5) is 0.462. The SMILES string of the molecule is Cc1cc(C)c(C)c(S(=O)(=O)NCC2CCCNC2)c1C. The third kappa shape index (κ3) is 3.65. The molecule has 1 fully saturated rings. The molecule has 1 aliphatic heterocycles. The molecule has 0 bridgehead atoms. The lowest BCUT2D eigenvalue weighted by Gasteiger charge is -2.23. The Morgan fingerprint density at radius 2 is 1.81 bits per heavy atom. The van der Waals surface area contributed by atoms with Crippen molar-refractivity contribution in [3.05, 3.63) is 28.3 Å². The highest BCUT2D eigenvalue weighted by Gasteiger charge is 2.23. The van der Waals surface area contributed by atoms with Gasteiger partial charge < -0.3 is 5.32 Å². The summed E-state index contributed by atoms with van der Waals surface area (Å²) in [6, 6.07) is 2.05. The molecule has 1 unspecified atom stereocenters. The van der Waals surface area contributed by atoms with E-state index < -0.39 is 10.0 Å². The first-order chi connectivity index (χ1) is 9.83. The zero-order valence-corrected chi connectivity index (χ0v) is 14.2. The smallest absolute Gasteiger partial charge is 0.241 e. The third-order valence-electron chi connectivity index (χ3n) is 4.53. The number of hydrogen-bond acceptors (Lipinski definition) is 3. The number of sulfonamides is 1. The summed E-state index contributed by atoms with van der Waals surface area (Å²) in [5.74, 6) is 0.389. The number of nitrogens with one attached hydrogen (secondary N) is 2. The van der Waals surface area contributed by atoms with E-state index in [1.165, 1.54) is 0 Å².